The molecule has 1 amide bonds. The van der Waals surface area contributed by atoms with E-state index in [2.05, 4.69) is 11.4 Å². The van der Waals surface area contributed by atoms with E-state index in [1.54, 1.807) is 0 Å². The average Bonchev–Trinajstić information content (AvgIpc) is 2.87. The van der Waals surface area contributed by atoms with E-state index in [0.29, 0.717) is 5.75 Å². The van der Waals surface area contributed by atoms with Crippen LogP contribution in [-0.2, 0) is 4.79 Å². The van der Waals surface area contributed by atoms with E-state index in [-0.39, 0.29) is 12.5 Å². The Morgan fingerprint density at radius 2 is 2.11 bits per heavy atom. The SMILES string of the molecule is Cc1ccccc1OCC(=O)NC1(C#N)CCCC1. The summed E-state index contributed by atoms with van der Waals surface area (Å²) in [5.74, 6) is 0.474. The highest BCUT2D eigenvalue weighted by Crippen LogP contribution is 2.28. The molecule has 0 spiro atoms. The molecule has 0 unspecified atom stereocenters. The minimum Gasteiger partial charge on any atom is -0.484 e. The first kappa shape index (κ1) is 13.4. The fraction of sp³-hybridized carbons (Fsp3) is 0.467. The second kappa shape index (κ2) is 5.75. The summed E-state index contributed by atoms with van der Waals surface area (Å²) >= 11 is 0. The quantitative estimate of drug-likeness (QED) is 0.901. The van der Waals surface area contributed by atoms with Crippen LogP contribution in [-0.4, -0.2) is 18.1 Å². The normalized spacial score (nSPS) is 16.6. The number of carbonyl (C=O) groups is 1. The van der Waals surface area contributed by atoms with E-state index >= 15 is 0 Å². The average molecular weight is 258 g/mol. The Morgan fingerprint density at radius 1 is 1.42 bits per heavy atom. The van der Waals surface area contributed by atoms with Gasteiger partial charge in [0.2, 0.25) is 0 Å². The molecule has 1 aromatic carbocycles. The monoisotopic (exact) mass is 258 g/mol. The fourth-order valence-corrected chi connectivity index (χ4v) is 2.41. The summed E-state index contributed by atoms with van der Waals surface area (Å²) in [6, 6.07) is 9.78. The van der Waals surface area contributed by atoms with Crippen molar-refractivity contribution in [1.82, 2.24) is 5.32 Å². The third-order valence-electron chi connectivity index (χ3n) is 3.50. The molecular weight excluding hydrogens is 240 g/mol. The van der Waals surface area contributed by atoms with Crippen molar-refractivity contribution >= 4 is 5.91 Å². The van der Waals surface area contributed by atoms with Crippen molar-refractivity contribution in [3.8, 4) is 11.8 Å². The zero-order valence-electron chi connectivity index (χ0n) is 11.1. The summed E-state index contributed by atoms with van der Waals surface area (Å²) in [5, 5.41) is 12.0. The van der Waals surface area contributed by atoms with E-state index in [1.807, 2.05) is 31.2 Å². The number of nitrogens with one attached hydrogen (secondary N) is 1. The van der Waals surface area contributed by atoms with Crippen LogP contribution >= 0.6 is 0 Å². The summed E-state index contributed by atoms with van der Waals surface area (Å²) in [4.78, 5) is 11.9. The minimum absolute atomic E-state index is 0.0473. The molecule has 0 bridgehead atoms. The first-order valence-corrected chi connectivity index (χ1v) is 6.56. The van der Waals surface area contributed by atoms with Gasteiger partial charge in [-0.15, -0.1) is 0 Å². The number of benzene rings is 1. The highest BCUT2D eigenvalue weighted by atomic mass is 16.5. The Labute approximate surface area is 113 Å². The number of carbonyl (C=O) groups excluding carboxylic acids is 1. The van der Waals surface area contributed by atoms with Gasteiger partial charge in [-0.05, 0) is 44.2 Å². The maximum absolute atomic E-state index is 11.9. The molecule has 0 heterocycles. The van der Waals surface area contributed by atoms with Crippen LogP contribution in [0.2, 0.25) is 0 Å². The van der Waals surface area contributed by atoms with Gasteiger partial charge in [0.25, 0.3) is 5.91 Å². The molecule has 0 aliphatic heterocycles. The number of ether oxygens (including phenoxy) is 1. The van der Waals surface area contributed by atoms with Crippen LogP contribution in [0.15, 0.2) is 24.3 Å². The van der Waals surface area contributed by atoms with Crippen LogP contribution in [0, 0.1) is 18.3 Å². The van der Waals surface area contributed by atoms with Crippen LogP contribution < -0.4 is 10.1 Å². The molecule has 1 fully saturated rings. The highest BCUT2D eigenvalue weighted by molar-refractivity contribution is 5.79. The van der Waals surface area contributed by atoms with Gasteiger partial charge in [-0.1, -0.05) is 18.2 Å². The Balaban J connectivity index is 1.89. The largest absolute Gasteiger partial charge is 0.484 e. The Bertz CT molecular complexity index is 499. The number of hydrogen-bond acceptors (Lipinski definition) is 3. The lowest BCUT2D eigenvalue weighted by Gasteiger charge is -2.22. The zero-order valence-corrected chi connectivity index (χ0v) is 11.1. The van der Waals surface area contributed by atoms with Gasteiger partial charge in [0.05, 0.1) is 6.07 Å². The Hall–Kier alpha value is -2.02. The van der Waals surface area contributed by atoms with Gasteiger partial charge in [-0.25, -0.2) is 0 Å². The van der Waals surface area contributed by atoms with Crippen LogP contribution in [0.25, 0.3) is 0 Å². The number of nitrogens with zero attached hydrogens (tertiary/aromatic N) is 1. The molecule has 1 aromatic rings. The summed E-state index contributed by atoms with van der Waals surface area (Å²) in [5.41, 5.74) is 0.317. The molecule has 2 rings (SSSR count). The van der Waals surface area contributed by atoms with Crippen molar-refractivity contribution in [2.75, 3.05) is 6.61 Å². The molecule has 0 aromatic heterocycles. The van der Waals surface area contributed by atoms with Crippen LogP contribution in [0.3, 0.4) is 0 Å². The lowest BCUT2D eigenvalue weighted by molar-refractivity contribution is -0.124. The zero-order chi connectivity index (χ0) is 13.7. The molecule has 1 aliphatic carbocycles. The van der Waals surface area contributed by atoms with Crippen molar-refractivity contribution < 1.29 is 9.53 Å². The first-order chi connectivity index (χ1) is 9.15. The summed E-state index contributed by atoms with van der Waals surface area (Å²) in [6.45, 7) is 1.88. The van der Waals surface area contributed by atoms with Crippen molar-refractivity contribution in [1.29, 1.82) is 5.26 Å². The molecule has 0 saturated heterocycles. The lowest BCUT2D eigenvalue weighted by atomic mass is 10.00. The fourth-order valence-electron chi connectivity index (χ4n) is 2.41. The van der Waals surface area contributed by atoms with Crippen molar-refractivity contribution in [3.63, 3.8) is 0 Å². The smallest absolute Gasteiger partial charge is 0.259 e. The van der Waals surface area contributed by atoms with Crippen molar-refractivity contribution in [2.24, 2.45) is 0 Å². The lowest BCUT2D eigenvalue weighted by Crippen LogP contribution is -2.47. The maximum atomic E-state index is 11.9. The number of aryl methyl sites for hydroxylation is 1. The number of amides is 1. The predicted octanol–water partition coefficient (Wildman–Crippen LogP) is 2.33. The molecule has 1 saturated carbocycles. The summed E-state index contributed by atoms with van der Waals surface area (Å²) < 4.78 is 5.48. The first-order valence-electron chi connectivity index (χ1n) is 6.56. The number of hydrogen-bond donors (Lipinski definition) is 1. The Kier molecular flexibility index (Phi) is 4.06. The predicted molar refractivity (Wildman–Crippen MR) is 71.6 cm³/mol. The molecule has 19 heavy (non-hydrogen) atoms. The van der Waals surface area contributed by atoms with E-state index in [0.717, 1.165) is 31.2 Å². The molecule has 100 valence electrons. The van der Waals surface area contributed by atoms with Gasteiger partial charge in [0.1, 0.15) is 11.3 Å². The molecule has 4 nitrogen and oxygen atoms in total. The van der Waals surface area contributed by atoms with Crippen LogP contribution in [0.5, 0.6) is 5.75 Å². The number of rotatable bonds is 4. The van der Waals surface area contributed by atoms with Gasteiger partial charge in [0, 0.05) is 0 Å². The third kappa shape index (κ3) is 3.25. The number of nitriles is 1. The van der Waals surface area contributed by atoms with Crippen LogP contribution in [0.4, 0.5) is 0 Å². The Morgan fingerprint density at radius 3 is 2.74 bits per heavy atom. The molecule has 4 heteroatoms. The van der Waals surface area contributed by atoms with Gasteiger partial charge in [0.15, 0.2) is 6.61 Å². The highest BCUT2D eigenvalue weighted by Gasteiger charge is 2.35. The van der Waals surface area contributed by atoms with E-state index < -0.39 is 5.54 Å². The summed E-state index contributed by atoms with van der Waals surface area (Å²) in [7, 11) is 0. The standard InChI is InChI=1S/C15H18N2O2/c1-12-6-2-3-7-13(12)19-10-14(18)17-15(11-16)8-4-5-9-15/h2-3,6-7H,4-5,8-10H2,1H3,(H,17,18). The van der Waals surface area contributed by atoms with Crippen LogP contribution in [0.1, 0.15) is 31.2 Å². The second-order valence-corrected chi connectivity index (χ2v) is 5.00. The van der Waals surface area contributed by atoms with E-state index in [4.69, 9.17) is 4.74 Å². The molecular formula is C15H18N2O2. The topological polar surface area (TPSA) is 62.1 Å². The van der Waals surface area contributed by atoms with Gasteiger partial charge < -0.3 is 10.1 Å². The maximum Gasteiger partial charge on any atom is 0.259 e. The van der Waals surface area contributed by atoms with Crippen molar-refractivity contribution in [2.45, 2.75) is 38.1 Å². The molecule has 1 N–H and O–H groups in total. The number of para-hydroxylation sites is 1. The summed E-state index contributed by atoms with van der Waals surface area (Å²) in [6.07, 6.45) is 3.46. The molecule has 1 aliphatic rings. The van der Waals surface area contributed by atoms with Gasteiger partial charge >= 0.3 is 0 Å². The second-order valence-electron chi connectivity index (χ2n) is 5.00. The van der Waals surface area contributed by atoms with E-state index in [9.17, 15) is 10.1 Å². The third-order valence-corrected chi connectivity index (χ3v) is 3.50. The van der Waals surface area contributed by atoms with Gasteiger partial charge in [-0.2, -0.15) is 5.26 Å². The van der Waals surface area contributed by atoms with E-state index in [1.165, 1.54) is 0 Å². The minimum atomic E-state index is -0.674. The van der Waals surface area contributed by atoms with Crippen molar-refractivity contribution in [3.05, 3.63) is 29.8 Å². The molecule has 0 radical (unpaired) electrons. The van der Waals surface area contributed by atoms with Gasteiger partial charge in [-0.3, -0.25) is 4.79 Å². The molecule has 0 atom stereocenters.